The van der Waals surface area contributed by atoms with Crippen molar-refractivity contribution in [3.05, 3.63) is 84.2 Å². The summed E-state index contributed by atoms with van der Waals surface area (Å²) in [5, 5.41) is 7.22. The minimum atomic E-state index is -0.0424. The van der Waals surface area contributed by atoms with Crippen molar-refractivity contribution >= 4 is 6.03 Å². The Morgan fingerprint density at radius 1 is 1.04 bits per heavy atom. The molecule has 5 nitrogen and oxygen atoms in total. The number of aromatic nitrogens is 2. The largest absolute Gasteiger partial charge is 0.334 e. The summed E-state index contributed by atoms with van der Waals surface area (Å²) in [6.07, 6.45) is 6.78. The lowest BCUT2D eigenvalue weighted by molar-refractivity contribution is 0.207. The maximum absolute atomic E-state index is 12.3. The van der Waals surface area contributed by atoms with Crippen molar-refractivity contribution in [2.45, 2.75) is 25.8 Å². The van der Waals surface area contributed by atoms with Crippen LogP contribution in [0.5, 0.6) is 0 Å². The molecule has 5 heteroatoms. The lowest BCUT2D eigenvalue weighted by Crippen LogP contribution is -2.37. The molecule has 0 aliphatic heterocycles. The van der Waals surface area contributed by atoms with Gasteiger partial charge in [-0.25, -0.2) is 9.48 Å². The number of nitrogens with one attached hydrogen (secondary N) is 1. The van der Waals surface area contributed by atoms with E-state index in [-0.39, 0.29) is 6.03 Å². The maximum atomic E-state index is 12.3. The highest BCUT2D eigenvalue weighted by molar-refractivity contribution is 5.73. The van der Waals surface area contributed by atoms with Crippen LogP contribution in [0.25, 0.3) is 5.69 Å². The molecule has 0 bridgehead atoms. The van der Waals surface area contributed by atoms with E-state index in [1.165, 1.54) is 5.56 Å². The molecule has 2 aromatic carbocycles. The standard InChI is InChI=1S/C22H26N4O/c1-25(15-6-5-11-19-9-3-2-4-10-19)22(27)23-18-20-12-7-13-21(17-20)26-16-8-14-24-26/h2-4,7-10,12-14,16-17H,5-6,11,15,18H2,1H3,(H,23,27). The van der Waals surface area contributed by atoms with Crippen molar-refractivity contribution in [1.82, 2.24) is 20.0 Å². The Morgan fingerprint density at radius 3 is 2.63 bits per heavy atom. The summed E-state index contributed by atoms with van der Waals surface area (Å²) in [6.45, 7) is 1.26. The molecule has 2 amide bonds. The van der Waals surface area contributed by atoms with Gasteiger partial charge in [0, 0.05) is 32.5 Å². The Morgan fingerprint density at radius 2 is 1.85 bits per heavy atom. The average molecular weight is 362 g/mol. The van der Waals surface area contributed by atoms with Gasteiger partial charge >= 0.3 is 6.03 Å². The van der Waals surface area contributed by atoms with Gasteiger partial charge in [0.2, 0.25) is 0 Å². The minimum Gasteiger partial charge on any atom is -0.334 e. The van der Waals surface area contributed by atoms with Crippen LogP contribution in [0.2, 0.25) is 0 Å². The summed E-state index contributed by atoms with van der Waals surface area (Å²) in [4.78, 5) is 14.0. The van der Waals surface area contributed by atoms with Crippen LogP contribution in [0.15, 0.2) is 73.1 Å². The number of amides is 2. The number of urea groups is 1. The van der Waals surface area contributed by atoms with E-state index in [0.717, 1.165) is 37.1 Å². The number of aryl methyl sites for hydroxylation is 1. The van der Waals surface area contributed by atoms with Gasteiger partial charge in [0.15, 0.2) is 0 Å². The normalized spacial score (nSPS) is 10.6. The molecule has 140 valence electrons. The molecule has 0 atom stereocenters. The molecule has 0 saturated carbocycles. The van der Waals surface area contributed by atoms with Crippen molar-refractivity contribution in [1.29, 1.82) is 0 Å². The molecule has 0 aliphatic carbocycles. The van der Waals surface area contributed by atoms with E-state index in [1.807, 2.05) is 54.3 Å². The topological polar surface area (TPSA) is 50.2 Å². The Balaban J connectivity index is 1.40. The number of carbonyl (C=O) groups excluding carboxylic acids is 1. The van der Waals surface area contributed by atoms with Gasteiger partial charge in [-0.05, 0) is 48.6 Å². The fraction of sp³-hybridized carbons (Fsp3) is 0.273. The van der Waals surface area contributed by atoms with Gasteiger partial charge in [0.05, 0.1) is 5.69 Å². The van der Waals surface area contributed by atoms with Crippen LogP contribution in [0.4, 0.5) is 4.79 Å². The van der Waals surface area contributed by atoms with Crippen LogP contribution in [0.1, 0.15) is 24.0 Å². The number of rotatable bonds is 8. The number of carbonyl (C=O) groups is 1. The molecule has 0 radical (unpaired) electrons. The van der Waals surface area contributed by atoms with E-state index in [2.05, 4.69) is 34.7 Å². The van der Waals surface area contributed by atoms with Gasteiger partial charge in [-0.1, -0.05) is 42.5 Å². The minimum absolute atomic E-state index is 0.0424. The van der Waals surface area contributed by atoms with E-state index < -0.39 is 0 Å². The van der Waals surface area contributed by atoms with Crippen molar-refractivity contribution in [3.8, 4) is 5.69 Å². The number of nitrogens with zero attached hydrogens (tertiary/aromatic N) is 3. The van der Waals surface area contributed by atoms with E-state index in [4.69, 9.17) is 0 Å². The summed E-state index contributed by atoms with van der Waals surface area (Å²) >= 11 is 0. The zero-order valence-electron chi connectivity index (χ0n) is 15.7. The first-order valence-corrected chi connectivity index (χ1v) is 9.34. The van der Waals surface area contributed by atoms with Crippen molar-refractivity contribution in [3.63, 3.8) is 0 Å². The quantitative estimate of drug-likeness (QED) is 0.615. The number of hydrogen-bond acceptors (Lipinski definition) is 2. The van der Waals surface area contributed by atoms with Crippen LogP contribution >= 0.6 is 0 Å². The third kappa shape index (κ3) is 5.71. The lowest BCUT2D eigenvalue weighted by Gasteiger charge is -2.18. The highest BCUT2D eigenvalue weighted by Gasteiger charge is 2.08. The zero-order chi connectivity index (χ0) is 18.9. The Labute approximate surface area is 160 Å². The molecule has 1 N–H and O–H groups in total. The van der Waals surface area contributed by atoms with Gasteiger partial charge in [-0.15, -0.1) is 0 Å². The molecule has 27 heavy (non-hydrogen) atoms. The Bertz CT molecular complexity index is 831. The Hall–Kier alpha value is -3.08. The second kappa shape index (κ2) is 9.57. The van der Waals surface area contributed by atoms with Crippen molar-refractivity contribution in [2.75, 3.05) is 13.6 Å². The van der Waals surface area contributed by atoms with Crippen LogP contribution in [0, 0.1) is 0 Å². The maximum Gasteiger partial charge on any atom is 0.317 e. The molecule has 3 aromatic rings. The van der Waals surface area contributed by atoms with E-state index in [0.29, 0.717) is 6.54 Å². The van der Waals surface area contributed by atoms with Crippen LogP contribution < -0.4 is 5.32 Å². The molecule has 0 saturated heterocycles. The fourth-order valence-electron chi connectivity index (χ4n) is 2.97. The lowest BCUT2D eigenvalue weighted by atomic mass is 10.1. The first-order valence-electron chi connectivity index (χ1n) is 9.34. The molecular weight excluding hydrogens is 336 g/mol. The van der Waals surface area contributed by atoms with Gasteiger partial charge in [-0.2, -0.15) is 5.10 Å². The van der Waals surface area contributed by atoms with Crippen LogP contribution in [0.3, 0.4) is 0 Å². The van der Waals surface area contributed by atoms with Crippen molar-refractivity contribution in [2.24, 2.45) is 0 Å². The van der Waals surface area contributed by atoms with Crippen LogP contribution in [-0.2, 0) is 13.0 Å². The molecular formula is C22H26N4O. The predicted molar refractivity (Wildman–Crippen MR) is 108 cm³/mol. The first kappa shape index (κ1) is 18.7. The van der Waals surface area contributed by atoms with E-state index in [9.17, 15) is 4.79 Å². The highest BCUT2D eigenvalue weighted by atomic mass is 16.2. The van der Waals surface area contributed by atoms with E-state index in [1.54, 1.807) is 11.1 Å². The van der Waals surface area contributed by atoms with Gasteiger partial charge < -0.3 is 10.2 Å². The van der Waals surface area contributed by atoms with E-state index >= 15 is 0 Å². The molecule has 0 aliphatic rings. The molecule has 1 heterocycles. The Kier molecular flexibility index (Phi) is 6.63. The molecule has 0 unspecified atom stereocenters. The SMILES string of the molecule is CN(CCCCc1ccccc1)C(=O)NCc1cccc(-n2cccn2)c1. The average Bonchev–Trinajstić information content (AvgIpc) is 3.25. The number of unbranched alkanes of at least 4 members (excludes halogenated alkanes) is 1. The monoisotopic (exact) mass is 362 g/mol. The molecule has 0 spiro atoms. The third-order valence-electron chi connectivity index (χ3n) is 4.52. The summed E-state index contributed by atoms with van der Waals surface area (Å²) in [6, 6.07) is 20.3. The van der Waals surface area contributed by atoms with Crippen LogP contribution in [-0.4, -0.2) is 34.3 Å². The fourth-order valence-corrected chi connectivity index (χ4v) is 2.97. The van der Waals surface area contributed by atoms with Gasteiger partial charge in [0.25, 0.3) is 0 Å². The zero-order valence-corrected chi connectivity index (χ0v) is 15.7. The highest BCUT2D eigenvalue weighted by Crippen LogP contribution is 2.10. The number of hydrogen-bond donors (Lipinski definition) is 1. The van der Waals surface area contributed by atoms with Crippen molar-refractivity contribution < 1.29 is 4.79 Å². The first-order chi connectivity index (χ1) is 13.2. The molecule has 3 rings (SSSR count). The second-order valence-corrected chi connectivity index (χ2v) is 6.64. The summed E-state index contributed by atoms with van der Waals surface area (Å²) in [7, 11) is 1.85. The second-order valence-electron chi connectivity index (χ2n) is 6.64. The summed E-state index contributed by atoms with van der Waals surface area (Å²) < 4.78 is 1.81. The summed E-state index contributed by atoms with van der Waals surface area (Å²) in [5.41, 5.74) is 3.39. The predicted octanol–water partition coefficient (Wildman–Crippen LogP) is 4.04. The van der Waals surface area contributed by atoms with Gasteiger partial charge in [0.1, 0.15) is 0 Å². The third-order valence-corrected chi connectivity index (χ3v) is 4.52. The van der Waals surface area contributed by atoms with Gasteiger partial charge in [-0.3, -0.25) is 0 Å². The molecule has 1 aromatic heterocycles. The number of benzene rings is 2. The molecule has 0 fully saturated rings. The smallest absolute Gasteiger partial charge is 0.317 e. The summed E-state index contributed by atoms with van der Waals surface area (Å²) in [5.74, 6) is 0.